The highest BCUT2D eigenvalue weighted by Crippen LogP contribution is 2.14. The van der Waals surface area contributed by atoms with Gasteiger partial charge in [0.25, 0.3) is 0 Å². The quantitative estimate of drug-likeness (QED) is 0.717. The van der Waals surface area contributed by atoms with Crippen LogP contribution in [0.25, 0.3) is 0 Å². The molecule has 0 amide bonds. The maximum absolute atomic E-state index is 10.6. The average Bonchev–Trinajstić information content (AvgIpc) is 2.17. The molecule has 1 aromatic carbocycles. The maximum Gasteiger partial charge on any atom is 0.123 e. The van der Waals surface area contributed by atoms with Gasteiger partial charge in [-0.05, 0) is 30.5 Å². The molecule has 0 fully saturated rings. The SMILES string of the molecule is CC[C@@H](C=O)Cc1ccc(O)cc1. The second kappa shape index (κ2) is 4.65. The van der Waals surface area contributed by atoms with E-state index in [0.29, 0.717) is 0 Å². The number of benzene rings is 1. The van der Waals surface area contributed by atoms with Crippen LogP contribution in [0.4, 0.5) is 0 Å². The van der Waals surface area contributed by atoms with E-state index in [1.807, 2.05) is 19.1 Å². The number of aldehydes is 1. The summed E-state index contributed by atoms with van der Waals surface area (Å²) >= 11 is 0. The molecule has 0 aromatic heterocycles. The first kappa shape index (κ1) is 9.78. The number of rotatable bonds is 4. The van der Waals surface area contributed by atoms with Crippen LogP contribution < -0.4 is 0 Å². The summed E-state index contributed by atoms with van der Waals surface area (Å²) in [6, 6.07) is 6.99. The van der Waals surface area contributed by atoms with E-state index in [0.717, 1.165) is 24.7 Å². The molecule has 1 atom stereocenters. The molecule has 0 aliphatic carbocycles. The number of hydrogen-bond acceptors (Lipinski definition) is 2. The zero-order valence-corrected chi connectivity index (χ0v) is 7.73. The van der Waals surface area contributed by atoms with Crippen LogP contribution in [0.5, 0.6) is 5.75 Å². The van der Waals surface area contributed by atoms with E-state index in [-0.39, 0.29) is 11.7 Å². The lowest BCUT2D eigenvalue weighted by atomic mass is 9.98. The molecule has 0 aliphatic heterocycles. The molecule has 1 N–H and O–H groups in total. The third-order valence-corrected chi connectivity index (χ3v) is 2.15. The van der Waals surface area contributed by atoms with Crippen molar-refractivity contribution in [1.29, 1.82) is 0 Å². The molecular formula is C11H14O2. The Hall–Kier alpha value is -1.31. The van der Waals surface area contributed by atoms with Gasteiger partial charge in [0.2, 0.25) is 0 Å². The van der Waals surface area contributed by atoms with Crippen LogP contribution >= 0.6 is 0 Å². The minimum Gasteiger partial charge on any atom is -0.508 e. The van der Waals surface area contributed by atoms with Crippen LogP contribution in [-0.4, -0.2) is 11.4 Å². The molecule has 0 radical (unpaired) electrons. The topological polar surface area (TPSA) is 37.3 Å². The lowest BCUT2D eigenvalue weighted by Gasteiger charge is -2.06. The van der Waals surface area contributed by atoms with E-state index in [1.54, 1.807) is 12.1 Å². The fraction of sp³-hybridized carbons (Fsp3) is 0.364. The molecule has 0 heterocycles. The molecule has 0 spiro atoms. The highest BCUT2D eigenvalue weighted by molar-refractivity contribution is 5.54. The largest absolute Gasteiger partial charge is 0.508 e. The molecule has 0 saturated carbocycles. The van der Waals surface area contributed by atoms with E-state index in [4.69, 9.17) is 5.11 Å². The van der Waals surface area contributed by atoms with Gasteiger partial charge in [0, 0.05) is 5.92 Å². The molecule has 2 heteroatoms. The summed E-state index contributed by atoms with van der Waals surface area (Å²) in [6.07, 6.45) is 2.62. The number of carbonyl (C=O) groups excluding carboxylic acids is 1. The highest BCUT2D eigenvalue weighted by Gasteiger charge is 2.04. The summed E-state index contributed by atoms with van der Waals surface area (Å²) in [6.45, 7) is 2.00. The summed E-state index contributed by atoms with van der Waals surface area (Å²) in [5, 5.41) is 9.04. The van der Waals surface area contributed by atoms with Crippen LogP contribution in [0.3, 0.4) is 0 Å². The molecule has 1 aromatic rings. The predicted molar refractivity (Wildman–Crippen MR) is 51.7 cm³/mol. The van der Waals surface area contributed by atoms with Crippen LogP contribution in [-0.2, 0) is 11.2 Å². The van der Waals surface area contributed by atoms with Crippen molar-refractivity contribution in [2.45, 2.75) is 19.8 Å². The smallest absolute Gasteiger partial charge is 0.123 e. The van der Waals surface area contributed by atoms with Crippen molar-refractivity contribution in [2.75, 3.05) is 0 Å². The molecule has 70 valence electrons. The van der Waals surface area contributed by atoms with Gasteiger partial charge < -0.3 is 9.90 Å². The Morgan fingerprint density at radius 2 is 2.00 bits per heavy atom. The first-order valence-electron chi connectivity index (χ1n) is 4.49. The number of phenolic OH excluding ortho intramolecular Hbond substituents is 1. The van der Waals surface area contributed by atoms with E-state index >= 15 is 0 Å². The Bertz CT molecular complexity index is 264. The van der Waals surface area contributed by atoms with Crippen molar-refractivity contribution in [2.24, 2.45) is 5.92 Å². The van der Waals surface area contributed by atoms with Crippen LogP contribution in [0.2, 0.25) is 0 Å². The fourth-order valence-electron chi connectivity index (χ4n) is 1.22. The van der Waals surface area contributed by atoms with Gasteiger partial charge in [-0.25, -0.2) is 0 Å². The fourth-order valence-corrected chi connectivity index (χ4v) is 1.22. The number of aromatic hydroxyl groups is 1. The Morgan fingerprint density at radius 3 is 2.46 bits per heavy atom. The minimum absolute atomic E-state index is 0.101. The van der Waals surface area contributed by atoms with E-state index in [2.05, 4.69) is 0 Å². The second-order valence-electron chi connectivity index (χ2n) is 3.17. The normalized spacial score (nSPS) is 12.4. The number of phenols is 1. The summed E-state index contributed by atoms with van der Waals surface area (Å²) in [7, 11) is 0. The zero-order chi connectivity index (χ0) is 9.68. The standard InChI is InChI=1S/C11H14O2/c1-2-9(8-12)7-10-3-5-11(13)6-4-10/h3-6,8-9,13H,2,7H2,1H3/t9-/m1/s1. The van der Waals surface area contributed by atoms with Gasteiger partial charge in [-0.1, -0.05) is 19.1 Å². The predicted octanol–water partition coefficient (Wildman–Crippen LogP) is 2.16. The van der Waals surface area contributed by atoms with Gasteiger partial charge >= 0.3 is 0 Å². The Labute approximate surface area is 78.2 Å². The molecule has 0 unspecified atom stereocenters. The monoisotopic (exact) mass is 178 g/mol. The first-order valence-corrected chi connectivity index (χ1v) is 4.49. The maximum atomic E-state index is 10.6. The zero-order valence-electron chi connectivity index (χ0n) is 7.73. The van der Waals surface area contributed by atoms with Crippen LogP contribution in [0, 0.1) is 5.92 Å². The van der Waals surface area contributed by atoms with Crippen molar-refractivity contribution in [3.05, 3.63) is 29.8 Å². The van der Waals surface area contributed by atoms with E-state index < -0.39 is 0 Å². The Morgan fingerprint density at radius 1 is 1.38 bits per heavy atom. The molecular weight excluding hydrogens is 164 g/mol. The summed E-state index contributed by atoms with van der Waals surface area (Å²) in [4.78, 5) is 10.6. The molecule has 1 rings (SSSR count). The van der Waals surface area contributed by atoms with Crippen LogP contribution in [0.15, 0.2) is 24.3 Å². The molecule has 13 heavy (non-hydrogen) atoms. The molecule has 0 aliphatic rings. The number of carbonyl (C=O) groups is 1. The third kappa shape index (κ3) is 2.90. The average molecular weight is 178 g/mol. The van der Waals surface area contributed by atoms with Crippen molar-refractivity contribution < 1.29 is 9.90 Å². The van der Waals surface area contributed by atoms with Crippen molar-refractivity contribution in [3.63, 3.8) is 0 Å². The van der Waals surface area contributed by atoms with Gasteiger partial charge in [-0.3, -0.25) is 0 Å². The van der Waals surface area contributed by atoms with Gasteiger partial charge in [0.05, 0.1) is 0 Å². The highest BCUT2D eigenvalue weighted by atomic mass is 16.3. The van der Waals surface area contributed by atoms with Crippen LogP contribution in [0.1, 0.15) is 18.9 Å². The summed E-state index contributed by atoms with van der Waals surface area (Å²) in [5.41, 5.74) is 1.09. The Kier molecular flexibility index (Phi) is 3.50. The lowest BCUT2D eigenvalue weighted by Crippen LogP contribution is -2.03. The molecule has 0 saturated heterocycles. The van der Waals surface area contributed by atoms with E-state index in [9.17, 15) is 4.79 Å². The van der Waals surface area contributed by atoms with Gasteiger partial charge in [0.1, 0.15) is 12.0 Å². The van der Waals surface area contributed by atoms with Gasteiger partial charge in [-0.2, -0.15) is 0 Å². The molecule has 0 bridgehead atoms. The van der Waals surface area contributed by atoms with Gasteiger partial charge in [-0.15, -0.1) is 0 Å². The van der Waals surface area contributed by atoms with Crippen molar-refractivity contribution in [3.8, 4) is 5.75 Å². The van der Waals surface area contributed by atoms with Crippen molar-refractivity contribution in [1.82, 2.24) is 0 Å². The lowest BCUT2D eigenvalue weighted by molar-refractivity contribution is -0.111. The third-order valence-electron chi connectivity index (χ3n) is 2.15. The summed E-state index contributed by atoms with van der Waals surface area (Å²) < 4.78 is 0. The van der Waals surface area contributed by atoms with Gasteiger partial charge in [0.15, 0.2) is 0 Å². The first-order chi connectivity index (χ1) is 6.26. The Balaban J connectivity index is 2.63. The van der Waals surface area contributed by atoms with Crippen molar-refractivity contribution >= 4 is 6.29 Å². The summed E-state index contributed by atoms with van der Waals surface area (Å²) in [5.74, 6) is 0.368. The number of hydrogen-bond donors (Lipinski definition) is 1. The molecule has 2 nitrogen and oxygen atoms in total. The second-order valence-corrected chi connectivity index (χ2v) is 3.17. The minimum atomic E-state index is 0.101. The van der Waals surface area contributed by atoms with E-state index in [1.165, 1.54) is 0 Å².